The van der Waals surface area contributed by atoms with Gasteiger partial charge in [0.25, 0.3) is 0 Å². The number of hydrogen-bond acceptors (Lipinski definition) is 4. The highest BCUT2D eigenvalue weighted by atomic mass is 32.2. The van der Waals surface area contributed by atoms with Crippen LogP contribution in [-0.2, 0) is 12.1 Å². The molecule has 1 unspecified atom stereocenters. The van der Waals surface area contributed by atoms with Crippen molar-refractivity contribution < 1.29 is 22.7 Å². The van der Waals surface area contributed by atoms with Crippen molar-refractivity contribution in [2.45, 2.75) is 35.5 Å². The Morgan fingerprint density at radius 2 is 2.04 bits per heavy atom. The Hall–Kier alpha value is -1.61. The Bertz CT molecular complexity index is 693. The predicted molar refractivity (Wildman–Crippen MR) is 75.8 cm³/mol. The van der Waals surface area contributed by atoms with E-state index in [-0.39, 0.29) is 5.25 Å². The van der Waals surface area contributed by atoms with E-state index in [1.54, 1.807) is 0 Å². The lowest BCUT2D eigenvalue weighted by molar-refractivity contribution is -0.139. The third kappa shape index (κ3) is 3.20. The van der Waals surface area contributed by atoms with Crippen LogP contribution in [0.4, 0.5) is 17.6 Å². The van der Waals surface area contributed by atoms with Gasteiger partial charge < -0.3 is 5.11 Å². The molecule has 0 aliphatic heterocycles. The normalized spacial score (nSPS) is 18.0. The van der Waals surface area contributed by atoms with Crippen LogP contribution in [-0.4, -0.2) is 30.4 Å². The van der Waals surface area contributed by atoms with Crippen LogP contribution in [0.5, 0.6) is 0 Å². The van der Waals surface area contributed by atoms with E-state index in [1.165, 1.54) is 0 Å². The Labute approximate surface area is 133 Å². The van der Waals surface area contributed by atoms with Crippen molar-refractivity contribution in [1.82, 2.24) is 14.8 Å². The zero-order chi connectivity index (χ0) is 16.7. The van der Waals surface area contributed by atoms with Crippen LogP contribution >= 0.6 is 11.8 Å². The number of hydrogen-bond donors (Lipinski definition) is 1. The van der Waals surface area contributed by atoms with E-state index in [2.05, 4.69) is 10.1 Å². The molecule has 3 rings (SSSR count). The number of aliphatic hydroxyl groups is 1. The minimum atomic E-state index is -3.68. The quantitative estimate of drug-likeness (QED) is 0.817. The van der Waals surface area contributed by atoms with Crippen molar-refractivity contribution in [3.8, 4) is 0 Å². The van der Waals surface area contributed by atoms with E-state index in [0.717, 1.165) is 29.5 Å². The monoisotopic (exact) mass is 347 g/mol. The van der Waals surface area contributed by atoms with Crippen LogP contribution in [0, 0.1) is 11.6 Å². The first-order valence-corrected chi connectivity index (χ1v) is 7.76. The summed E-state index contributed by atoms with van der Waals surface area (Å²) >= 11 is 0.299. The molecule has 4 nitrogen and oxygen atoms in total. The average Bonchev–Trinajstić information content (AvgIpc) is 3.11. The summed E-state index contributed by atoms with van der Waals surface area (Å²) in [6, 6.07) is 2.14. The molecule has 1 heterocycles. The lowest BCUT2D eigenvalue weighted by Crippen LogP contribution is -2.47. The molecule has 0 spiro atoms. The maximum Gasteiger partial charge on any atom is 0.328 e. The molecule has 0 radical (unpaired) electrons. The fourth-order valence-electron chi connectivity index (χ4n) is 2.20. The maximum absolute atomic E-state index is 14.7. The van der Waals surface area contributed by atoms with Gasteiger partial charge in [-0.05, 0) is 25.0 Å². The number of rotatable bonds is 6. The number of alkyl halides is 2. The van der Waals surface area contributed by atoms with Gasteiger partial charge in [0.2, 0.25) is 0 Å². The van der Waals surface area contributed by atoms with Crippen LogP contribution in [0.15, 0.2) is 30.9 Å². The zero-order valence-corrected chi connectivity index (χ0v) is 12.6. The van der Waals surface area contributed by atoms with Crippen molar-refractivity contribution in [2.24, 2.45) is 0 Å². The van der Waals surface area contributed by atoms with Crippen LogP contribution in [0.3, 0.4) is 0 Å². The van der Waals surface area contributed by atoms with Gasteiger partial charge in [-0.2, -0.15) is 13.9 Å². The molecule has 1 aliphatic carbocycles. The van der Waals surface area contributed by atoms with Gasteiger partial charge >= 0.3 is 5.25 Å². The van der Waals surface area contributed by atoms with E-state index >= 15 is 0 Å². The molecule has 1 fully saturated rings. The summed E-state index contributed by atoms with van der Waals surface area (Å²) in [5, 5.41) is 10.4. The van der Waals surface area contributed by atoms with E-state index in [1.807, 2.05) is 0 Å². The van der Waals surface area contributed by atoms with Gasteiger partial charge in [-0.1, -0.05) is 11.8 Å². The van der Waals surface area contributed by atoms with Gasteiger partial charge in [-0.3, -0.25) is 0 Å². The van der Waals surface area contributed by atoms with Crippen LogP contribution in [0.1, 0.15) is 18.4 Å². The van der Waals surface area contributed by atoms with Gasteiger partial charge in [-0.15, -0.1) is 0 Å². The van der Waals surface area contributed by atoms with Crippen LogP contribution < -0.4 is 0 Å². The molecule has 1 N–H and O–H groups in total. The van der Waals surface area contributed by atoms with Crippen molar-refractivity contribution >= 4 is 11.8 Å². The second-order valence-corrected chi connectivity index (χ2v) is 6.83. The van der Waals surface area contributed by atoms with Crippen molar-refractivity contribution in [3.05, 3.63) is 48.1 Å². The SMILES string of the molecule is OC(Cn1cncn1)(c1ccc(F)cc1F)C(F)(F)SC1CC1. The highest BCUT2D eigenvalue weighted by Gasteiger charge is 2.58. The molecule has 124 valence electrons. The molecule has 0 saturated heterocycles. The number of aromatic nitrogens is 3. The Morgan fingerprint density at radius 1 is 1.30 bits per heavy atom. The third-order valence-electron chi connectivity index (χ3n) is 3.55. The summed E-state index contributed by atoms with van der Waals surface area (Å²) in [4.78, 5) is 3.63. The minimum absolute atomic E-state index is 0.282. The molecule has 1 saturated carbocycles. The molecule has 1 atom stereocenters. The van der Waals surface area contributed by atoms with Crippen LogP contribution in [0.2, 0.25) is 0 Å². The molecule has 2 aromatic rings. The Kier molecular flexibility index (Phi) is 4.09. The van der Waals surface area contributed by atoms with Gasteiger partial charge in [0, 0.05) is 16.9 Å². The molecule has 1 aromatic carbocycles. The lowest BCUT2D eigenvalue weighted by Gasteiger charge is -2.35. The summed E-state index contributed by atoms with van der Waals surface area (Å²) in [5.41, 5.74) is -3.56. The summed E-state index contributed by atoms with van der Waals surface area (Å²) < 4.78 is 57.6. The lowest BCUT2D eigenvalue weighted by atomic mass is 9.93. The minimum Gasteiger partial charge on any atom is -0.376 e. The van der Waals surface area contributed by atoms with E-state index in [4.69, 9.17) is 0 Å². The summed E-state index contributed by atoms with van der Waals surface area (Å²) in [6.07, 6.45) is 3.50. The topological polar surface area (TPSA) is 50.9 Å². The second kappa shape index (κ2) is 5.79. The highest BCUT2D eigenvalue weighted by molar-refractivity contribution is 8.01. The number of benzene rings is 1. The van der Waals surface area contributed by atoms with E-state index in [9.17, 15) is 22.7 Å². The van der Waals surface area contributed by atoms with Gasteiger partial charge in [0.15, 0.2) is 5.60 Å². The fourth-order valence-corrected chi connectivity index (χ4v) is 3.36. The molecule has 1 aromatic heterocycles. The summed E-state index contributed by atoms with van der Waals surface area (Å²) in [6.45, 7) is -0.706. The Morgan fingerprint density at radius 3 is 2.61 bits per heavy atom. The molecule has 23 heavy (non-hydrogen) atoms. The molecule has 0 amide bonds. The Balaban J connectivity index is 2.04. The zero-order valence-electron chi connectivity index (χ0n) is 11.8. The van der Waals surface area contributed by atoms with Crippen molar-refractivity contribution in [2.75, 3.05) is 0 Å². The molecule has 0 bridgehead atoms. The van der Waals surface area contributed by atoms with Crippen molar-refractivity contribution in [1.29, 1.82) is 0 Å². The largest absolute Gasteiger partial charge is 0.376 e. The number of halogens is 4. The maximum atomic E-state index is 14.7. The first-order valence-electron chi connectivity index (χ1n) is 6.88. The van der Waals surface area contributed by atoms with E-state index < -0.39 is 34.6 Å². The summed E-state index contributed by atoms with van der Waals surface area (Å²) in [5.74, 6) is -2.14. The number of thioether (sulfide) groups is 1. The molecule has 1 aliphatic rings. The van der Waals surface area contributed by atoms with Gasteiger partial charge in [0.05, 0.1) is 6.54 Å². The number of nitrogens with zero attached hydrogens (tertiary/aromatic N) is 3. The molecular formula is C14H13F4N3OS. The van der Waals surface area contributed by atoms with Crippen LogP contribution in [0.25, 0.3) is 0 Å². The smallest absolute Gasteiger partial charge is 0.328 e. The van der Waals surface area contributed by atoms with E-state index in [0.29, 0.717) is 30.7 Å². The predicted octanol–water partition coefficient (Wildman–Crippen LogP) is 2.93. The van der Waals surface area contributed by atoms with Gasteiger partial charge in [0.1, 0.15) is 24.3 Å². The first-order chi connectivity index (χ1) is 10.8. The standard InChI is InChI=1S/C14H13F4N3OS/c15-9-1-4-11(12(16)5-9)13(22,6-21-8-19-7-20-21)14(17,18)23-10-2-3-10/h1,4-5,7-8,10,22H,2-3,6H2. The fraction of sp³-hybridized carbons (Fsp3) is 0.429. The van der Waals surface area contributed by atoms with Crippen molar-refractivity contribution in [3.63, 3.8) is 0 Å². The third-order valence-corrected chi connectivity index (χ3v) is 4.99. The highest BCUT2D eigenvalue weighted by Crippen LogP contribution is 2.53. The van der Waals surface area contributed by atoms with Gasteiger partial charge in [-0.25, -0.2) is 18.4 Å². The summed E-state index contributed by atoms with van der Waals surface area (Å²) in [7, 11) is 0. The molecule has 9 heteroatoms. The average molecular weight is 347 g/mol. The second-order valence-electron chi connectivity index (χ2n) is 5.41. The first kappa shape index (κ1) is 16.3. The molecular weight excluding hydrogens is 334 g/mol.